The number of aryl methyl sites for hydroxylation is 1. The van der Waals surface area contributed by atoms with Crippen LogP contribution in [0.2, 0.25) is 0 Å². The number of alkyl halides is 1. The number of rotatable bonds is 4. The maximum absolute atomic E-state index is 13.5. The molecule has 1 unspecified atom stereocenters. The fourth-order valence-electron chi connectivity index (χ4n) is 2.15. The third-order valence-electron chi connectivity index (χ3n) is 3.28. The van der Waals surface area contributed by atoms with Gasteiger partial charge in [-0.1, -0.05) is 15.9 Å². The Labute approximate surface area is 137 Å². The maximum atomic E-state index is 13.5. The third kappa shape index (κ3) is 3.33. The van der Waals surface area contributed by atoms with Crippen molar-refractivity contribution in [1.29, 1.82) is 0 Å². The summed E-state index contributed by atoms with van der Waals surface area (Å²) in [4.78, 5) is 0. The molecule has 21 heavy (non-hydrogen) atoms. The molecule has 0 aromatic heterocycles. The van der Waals surface area contributed by atoms with Crippen molar-refractivity contribution < 1.29 is 13.9 Å². The fraction of sp³-hybridized carbons (Fsp3) is 0.250. The Morgan fingerprint density at radius 2 is 1.67 bits per heavy atom. The minimum Gasteiger partial charge on any atom is -0.493 e. The lowest BCUT2D eigenvalue weighted by molar-refractivity contribution is 0.354. The molecule has 1 atom stereocenters. The van der Waals surface area contributed by atoms with Gasteiger partial charge in [-0.05, 0) is 53.9 Å². The summed E-state index contributed by atoms with van der Waals surface area (Å²) in [5.41, 5.74) is 2.47. The zero-order valence-corrected chi connectivity index (χ0v) is 14.3. The Morgan fingerprint density at radius 3 is 2.29 bits per heavy atom. The highest BCUT2D eigenvalue weighted by Gasteiger charge is 2.19. The molecule has 112 valence electrons. The molecule has 0 heterocycles. The van der Waals surface area contributed by atoms with Crippen molar-refractivity contribution in [2.24, 2.45) is 0 Å². The van der Waals surface area contributed by atoms with Crippen molar-refractivity contribution in [3.63, 3.8) is 0 Å². The van der Waals surface area contributed by atoms with Crippen LogP contribution in [-0.2, 0) is 0 Å². The highest BCUT2D eigenvalue weighted by atomic mass is 79.9. The molecule has 0 aliphatic heterocycles. The molecule has 0 bridgehead atoms. The molecule has 0 saturated heterocycles. The molecule has 0 N–H and O–H groups in total. The van der Waals surface area contributed by atoms with E-state index in [9.17, 15) is 4.39 Å². The van der Waals surface area contributed by atoms with Crippen molar-refractivity contribution in [2.75, 3.05) is 14.2 Å². The topological polar surface area (TPSA) is 18.5 Å². The monoisotopic (exact) mass is 372 g/mol. The van der Waals surface area contributed by atoms with Gasteiger partial charge in [-0.15, -0.1) is 11.6 Å². The van der Waals surface area contributed by atoms with Gasteiger partial charge >= 0.3 is 0 Å². The van der Waals surface area contributed by atoms with Gasteiger partial charge in [-0.2, -0.15) is 0 Å². The van der Waals surface area contributed by atoms with E-state index in [1.807, 2.05) is 19.1 Å². The van der Waals surface area contributed by atoms with Crippen molar-refractivity contribution in [2.45, 2.75) is 12.3 Å². The molecular formula is C16H15BrClFO2. The Kier molecular flexibility index (Phi) is 5.12. The van der Waals surface area contributed by atoms with E-state index in [1.165, 1.54) is 12.1 Å². The van der Waals surface area contributed by atoms with Crippen LogP contribution in [0.15, 0.2) is 34.8 Å². The first-order valence-electron chi connectivity index (χ1n) is 6.29. The zero-order valence-electron chi connectivity index (χ0n) is 11.9. The van der Waals surface area contributed by atoms with Crippen LogP contribution in [0, 0.1) is 12.7 Å². The quantitative estimate of drug-likeness (QED) is 0.682. The summed E-state index contributed by atoms with van der Waals surface area (Å²) >= 11 is 9.96. The predicted octanol–water partition coefficient (Wildman–Crippen LogP) is 5.24. The molecule has 2 aromatic rings. The summed E-state index contributed by atoms with van der Waals surface area (Å²) in [7, 11) is 3.15. The van der Waals surface area contributed by atoms with Gasteiger partial charge in [0.2, 0.25) is 0 Å². The first-order chi connectivity index (χ1) is 9.97. The number of benzene rings is 2. The predicted molar refractivity (Wildman–Crippen MR) is 86.1 cm³/mol. The minimum absolute atomic E-state index is 0.322. The molecule has 0 saturated carbocycles. The van der Waals surface area contributed by atoms with E-state index in [0.717, 1.165) is 15.6 Å². The molecule has 2 rings (SSSR count). The van der Waals surface area contributed by atoms with E-state index in [1.54, 1.807) is 20.3 Å². The second-order valence-electron chi connectivity index (χ2n) is 4.59. The molecule has 0 radical (unpaired) electrons. The molecule has 0 aliphatic rings. The summed E-state index contributed by atoms with van der Waals surface area (Å²) in [6.07, 6.45) is 0. The molecular weight excluding hydrogens is 359 g/mol. The Balaban J connectivity index is 2.52. The summed E-state index contributed by atoms with van der Waals surface area (Å²) < 4.78 is 24.8. The Bertz CT molecular complexity index is 661. The van der Waals surface area contributed by atoms with E-state index in [2.05, 4.69) is 15.9 Å². The number of hydrogen-bond donors (Lipinski definition) is 0. The van der Waals surface area contributed by atoms with Crippen LogP contribution in [0.1, 0.15) is 22.1 Å². The van der Waals surface area contributed by atoms with Crippen molar-refractivity contribution >= 4 is 27.5 Å². The van der Waals surface area contributed by atoms with Gasteiger partial charge in [0.15, 0.2) is 11.5 Å². The molecule has 2 nitrogen and oxygen atoms in total. The normalized spacial score (nSPS) is 12.1. The Hall–Kier alpha value is -1.26. The summed E-state index contributed by atoms with van der Waals surface area (Å²) in [5, 5.41) is -0.491. The van der Waals surface area contributed by atoms with Crippen molar-refractivity contribution in [3.05, 3.63) is 57.3 Å². The second kappa shape index (κ2) is 6.67. The van der Waals surface area contributed by atoms with Crippen LogP contribution < -0.4 is 9.47 Å². The van der Waals surface area contributed by atoms with E-state index in [-0.39, 0.29) is 5.82 Å². The largest absolute Gasteiger partial charge is 0.493 e. The van der Waals surface area contributed by atoms with Crippen LogP contribution in [0.5, 0.6) is 11.5 Å². The number of methoxy groups -OCH3 is 2. The van der Waals surface area contributed by atoms with E-state index < -0.39 is 5.38 Å². The average molecular weight is 374 g/mol. The van der Waals surface area contributed by atoms with Gasteiger partial charge in [0.25, 0.3) is 0 Å². The van der Waals surface area contributed by atoms with Gasteiger partial charge in [0, 0.05) is 4.47 Å². The van der Waals surface area contributed by atoms with Gasteiger partial charge in [-0.3, -0.25) is 0 Å². The molecule has 0 fully saturated rings. The fourth-order valence-corrected chi connectivity index (χ4v) is 3.17. The first-order valence-corrected chi connectivity index (χ1v) is 7.52. The van der Waals surface area contributed by atoms with Gasteiger partial charge < -0.3 is 9.47 Å². The van der Waals surface area contributed by atoms with E-state index >= 15 is 0 Å². The molecule has 0 spiro atoms. The van der Waals surface area contributed by atoms with Crippen molar-refractivity contribution in [3.8, 4) is 11.5 Å². The van der Waals surface area contributed by atoms with Crippen LogP contribution in [-0.4, -0.2) is 14.2 Å². The van der Waals surface area contributed by atoms with Crippen LogP contribution in [0.25, 0.3) is 0 Å². The van der Waals surface area contributed by atoms with Crippen molar-refractivity contribution in [1.82, 2.24) is 0 Å². The highest BCUT2D eigenvalue weighted by molar-refractivity contribution is 9.10. The molecule has 5 heteroatoms. The smallest absolute Gasteiger partial charge is 0.161 e. The summed E-state index contributed by atoms with van der Waals surface area (Å²) in [6, 6.07) is 8.15. The molecule has 0 amide bonds. The van der Waals surface area contributed by atoms with Gasteiger partial charge in [0.1, 0.15) is 5.82 Å². The standard InChI is InChI=1S/C16H15BrClFO2/c1-9-6-14(20-2)15(21-3)8-11(9)16(18)12-7-10(19)4-5-13(12)17/h4-8,16H,1-3H3. The number of halogens is 3. The lowest BCUT2D eigenvalue weighted by Gasteiger charge is -2.18. The van der Waals surface area contributed by atoms with Crippen LogP contribution >= 0.6 is 27.5 Å². The van der Waals surface area contributed by atoms with Crippen LogP contribution in [0.3, 0.4) is 0 Å². The lowest BCUT2D eigenvalue weighted by atomic mass is 9.99. The molecule has 0 aliphatic carbocycles. The first kappa shape index (κ1) is 16.1. The number of hydrogen-bond acceptors (Lipinski definition) is 2. The van der Waals surface area contributed by atoms with E-state index in [0.29, 0.717) is 17.1 Å². The maximum Gasteiger partial charge on any atom is 0.161 e. The number of ether oxygens (including phenoxy) is 2. The molecule has 2 aromatic carbocycles. The summed E-state index contributed by atoms with van der Waals surface area (Å²) in [5.74, 6) is 0.911. The second-order valence-corrected chi connectivity index (χ2v) is 5.88. The third-order valence-corrected chi connectivity index (χ3v) is 4.47. The van der Waals surface area contributed by atoms with Gasteiger partial charge in [-0.25, -0.2) is 4.39 Å². The highest BCUT2D eigenvalue weighted by Crippen LogP contribution is 2.40. The average Bonchev–Trinajstić information content (AvgIpc) is 2.48. The summed E-state index contributed by atoms with van der Waals surface area (Å²) in [6.45, 7) is 1.93. The van der Waals surface area contributed by atoms with E-state index in [4.69, 9.17) is 21.1 Å². The Morgan fingerprint density at radius 1 is 1.05 bits per heavy atom. The van der Waals surface area contributed by atoms with Gasteiger partial charge in [0.05, 0.1) is 19.6 Å². The minimum atomic E-state index is -0.491. The SMILES string of the molecule is COc1cc(C)c(C(Cl)c2cc(F)ccc2Br)cc1OC. The lowest BCUT2D eigenvalue weighted by Crippen LogP contribution is -2.01. The van der Waals surface area contributed by atoms with Crippen LogP contribution in [0.4, 0.5) is 4.39 Å². The zero-order chi connectivity index (χ0) is 15.6.